The van der Waals surface area contributed by atoms with E-state index in [1.807, 2.05) is 26.2 Å². The lowest BCUT2D eigenvalue weighted by molar-refractivity contribution is 0.164. The average Bonchev–Trinajstić information content (AvgIpc) is 2.48. The SMILES string of the molecule is COc1cccc(N(C)C)c1CN1CCC(NC(=O)O)CC1. The van der Waals surface area contributed by atoms with Gasteiger partial charge in [0.15, 0.2) is 0 Å². The molecule has 6 heteroatoms. The fraction of sp³-hybridized carbons (Fsp3) is 0.562. The fourth-order valence-electron chi connectivity index (χ4n) is 2.96. The van der Waals surface area contributed by atoms with Crippen LogP contribution in [0.3, 0.4) is 0 Å². The Morgan fingerprint density at radius 3 is 2.64 bits per heavy atom. The molecular formula is C16H25N3O3. The molecule has 1 amide bonds. The molecule has 6 nitrogen and oxygen atoms in total. The lowest BCUT2D eigenvalue weighted by Crippen LogP contribution is -2.44. The Hall–Kier alpha value is -1.95. The van der Waals surface area contributed by atoms with Crippen LogP contribution in [0.15, 0.2) is 18.2 Å². The molecule has 1 aliphatic rings. The third-order valence-electron chi connectivity index (χ3n) is 4.11. The van der Waals surface area contributed by atoms with Crippen molar-refractivity contribution in [1.82, 2.24) is 10.2 Å². The number of nitrogens with one attached hydrogen (secondary N) is 1. The van der Waals surface area contributed by atoms with Gasteiger partial charge < -0.3 is 20.1 Å². The molecule has 1 aromatic carbocycles. The molecule has 0 atom stereocenters. The molecule has 0 radical (unpaired) electrons. The number of hydrogen-bond donors (Lipinski definition) is 2. The van der Waals surface area contributed by atoms with E-state index in [1.54, 1.807) is 7.11 Å². The number of carboxylic acid groups (broad SMARTS) is 1. The normalized spacial score (nSPS) is 16.3. The lowest BCUT2D eigenvalue weighted by atomic mass is 10.0. The molecule has 0 spiro atoms. The van der Waals surface area contributed by atoms with Gasteiger partial charge in [-0.25, -0.2) is 4.79 Å². The monoisotopic (exact) mass is 307 g/mol. The molecule has 1 saturated heterocycles. The van der Waals surface area contributed by atoms with Crippen LogP contribution in [0.2, 0.25) is 0 Å². The zero-order valence-electron chi connectivity index (χ0n) is 13.5. The first-order valence-electron chi connectivity index (χ1n) is 7.56. The Bertz CT molecular complexity index is 511. The molecular weight excluding hydrogens is 282 g/mol. The highest BCUT2D eigenvalue weighted by Gasteiger charge is 2.22. The molecule has 1 fully saturated rings. The summed E-state index contributed by atoms with van der Waals surface area (Å²) in [6.07, 6.45) is 0.760. The van der Waals surface area contributed by atoms with Crippen molar-refractivity contribution in [2.75, 3.05) is 39.2 Å². The number of piperidine rings is 1. The number of methoxy groups -OCH3 is 1. The second-order valence-corrected chi connectivity index (χ2v) is 5.85. The van der Waals surface area contributed by atoms with Crippen LogP contribution in [0, 0.1) is 0 Å². The van der Waals surface area contributed by atoms with Gasteiger partial charge in [0.05, 0.1) is 7.11 Å². The van der Waals surface area contributed by atoms with Crippen molar-refractivity contribution in [2.45, 2.75) is 25.4 Å². The predicted octanol–water partition coefficient (Wildman–Crippen LogP) is 1.99. The largest absolute Gasteiger partial charge is 0.496 e. The van der Waals surface area contributed by atoms with Crippen LogP contribution in [0.1, 0.15) is 18.4 Å². The maximum atomic E-state index is 10.7. The zero-order chi connectivity index (χ0) is 16.1. The smallest absolute Gasteiger partial charge is 0.404 e. The molecule has 0 aliphatic carbocycles. The van der Waals surface area contributed by atoms with Gasteiger partial charge in [0.25, 0.3) is 0 Å². The maximum Gasteiger partial charge on any atom is 0.404 e. The van der Waals surface area contributed by atoms with Gasteiger partial charge in [0.1, 0.15) is 5.75 Å². The van der Waals surface area contributed by atoms with E-state index >= 15 is 0 Å². The van der Waals surface area contributed by atoms with Crippen molar-refractivity contribution in [3.8, 4) is 5.75 Å². The van der Waals surface area contributed by atoms with Gasteiger partial charge in [-0.15, -0.1) is 0 Å². The Kier molecular flexibility index (Phi) is 5.49. The minimum absolute atomic E-state index is 0.0692. The number of ether oxygens (including phenoxy) is 1. The standard InChI is InChI=1S/C16H25N3O3/c1-18(2)14-5-4-6-15(22-3)13(14)11-19-9-7-12(8-10-19)17-16(20)21/h4-6,12,17H,7-11H2,1-3H3,(H,20,21). The Morgan fingerprint density at radius 2 is 2.09 bits per heavy atom. The topological polar surface area (TPSA) is 65.0 Å². The van der Waals surface area contributed by atoms with Crippen LogP contribution in [0.25, 0.3) is 0 Å². The first kappa shape index (κ1) is 16.4. The quantitative estimate of drug-likeness (QED) is 0.871. The van der Waals surface area contributed by atoms with Crippen molar-refractivity contribution < 1.29 is 14.6 Å². The fourth-order valence-corrected chi connectivity index (χ4v) is 2.96. The van der Waals surface area contributed by atoms with Gasteiger partial charge in [0, 0.05) is 51.0 Å². The van der Waals surface area contributed by atoms with Crippen LogP contribution in [-0.4, -0.2) is 56.4 Å². The summed E-state index contributed by atoms with van der Waals surface area (Å²) >= 11 is 0. The van der Waals surface area contributed by atoms with E-state index in [1.165, 1.54) is 5.56 Å². The van der Waals surface area contributed by atoms with Crippen molar-refractivity contribution in [1.29, 1.82) is 0 Å². The van der Waals surface area contributed by atoms with E-state index in [0.717, 1.165) is 43.9 Å². The number of anilines is 1. The number of carbonyl (C=O) groups is 1. The van der Waals surface area contributed by atoms with E-state index in [-0.39, 0.29) is 6.04 Å². The van der Waals surface area contributed by atoms with E-state index in [0.29, 0.717) is 0 Å². The van der Waals surface area contributed by atoms with Crippen molar-refractivity contribution in [3.63, 3.8) is 0 Å². The van der Waals surface area contributed by atoms with E-state index < -0.39 is 6.09 Å². The van der Waals surface area contributed by atoms with Crippen molar-refractivity contribution >= 4 is 11.8 Å². The third-order valence-corrected chi connectivity index (χ3v) is 4.11. The highest BCUT2D eigenvalue weighted by Crippen LogP contribution is 2.30. The minimum Gasteiger partial charge on any atom is -0.496 e. The van der Waals surface area contributed by atoms with E-state index in [9.17, 15) is 4.79 Å². The van der Waals surface area contributed by atoms with Gasteiger partial charge in [-0.3, -0.25) is 4.90 Å². The van der Waals surface area contributed by atoms with Crippen LogP contribution in [0.4, 0.5) is 10.5 Å². The molecule has 0 unspecified atom stereocenters. The molecule has 0 bridgehead atoms. The first-order chi connectivity index (χ1) is 10.5. The summed E-state index contributed by atoms with van der Waals surface area (Å²) in [6.45, 7) is 2.59. The van der Waals surface area contributed by atoms with Gasteiger partial charge in [-0.2, -0.15) is 0 Å². The predicted molar refractivity (Wildman–Crippen MR) is 86.8 cm³/mol. The number of nitrogens with zero attached hydrogens (tertiary/aromatic N) is 2. The van der Waals surface area contributed by atoms with Gasteiger partial charge in [-0.1, -0.05) is 6.07 Å². The summed E-state index contributed by atoms with van der Waals surface area (Å²) in [5, 5.41) is 11.4. The summed E-state index contributed by atoms with van der Waals surface area (Å²) in [5.74, 6) is 0.900. The molecule has 0 saturated carbocycles. The van der Waals surface area contributed by atoms with Crippen LogP contribution >= 0.6 is 0 Å². The van der Waals surface area contributed by atoms with E-state index in [4.69, 9.17) is 9.84 Å². The summed E-state index contributed by atoms with van der Waals surface area (Å²) in [7, 11) is 5.75. The number of likely N-dealkylation sites (tertiary alicyclic amines) is 1. The Morgan fingerprint density at radius 1 is 1.41 bits per heavy atom. The van der Waals surface area contributed by atoms with E-state index in [2.05, 4.69) is 21.2 Å². The molecule has 2 rings (SSSR count). The third kappa shape index (κ3) is 4.04. The van der Waals surface area contributed by atoms with Gasteiger partial charge in [0.2, 0.25) is 0 Å². The molecule has 1 aromatic rings. The summed E-state index contributed by atoms with van der Waals surface area (Å²) in [4.78, 5) is 15.1. The van der Waals surface area contributed by atoms with Crippen LogP contribution in [-0.2, 0) is 6.54 Å². The summed E-state index contributed by atoms with van der Waals surface area (Å²) in [5.41, 5.74) is 2.34. The minimum atomic E-state index is -0.932. The highest BCUT2D eigenvalue weighted by molar-refractivity contribution is 5.64. The molecule has 122 valence electrons. The second-order valence-electron chi connectivity index (χ2n) is 5.85. The Labute approximate surface area is 131 Å². The molecule has 2 N–H and O–H groups in total. The van der Waals surface area contributed by atoms with Gasteiger partial charge >= 0.3 is 6.09 Å². The number of rotatable bonds is 5. The molecule has 1 heterocycles. The highest BCUT2D eigenvalue weighted by atomic mass is 16.5. The molecule has 0 aromatic heterocycles. The lowest BCUT2D eigenvalue weighted by Gasteiger charge is -2.33. The molecule has 1 aliphatic heterocycles. The summed E-state index contributed by atoms with van der Waals surface area (Å²) in [6, 6.07) is 6.15. The maximum absolute atomic E-state index is 10.7. The Balaban J connectivity index is 2.04. The number of hydrogen-bond acceptors (Lipinski definition) is 4. The number of amides is 1. The first-order valence-corrected chi connectivity index (χ1v) is 7.56. The zero-order valence-corrected chi connectivity index (χ0v) is 13.5. The van der Waals surface area contributed by atoms with Crippen LogP contribution < -0.4 is 15.0 Å². The molecule has 22 heavy (non-hydrogen) atoms. The second kappa shape index (κ2) is 7.35. The van der Waals surface area contributed by atoms with Crippen molar-refractivity contribution in [3.05, 3.63) is 23.8 Å². The number of benzene rings is 1. The van der Waals surface area contributed by atoms with Gasteiger partial charge in [-0.05, 0) is 25.0 Å². The van der Waals surface area contributed by atoms with Crippen LogP contribution in [0.5, 0.6) is 5.75 Å². The van der Waals surface area contributed by atoms with Crippen molar-refractivity contribution in [2.24, 2.45) is 0 Å². The summed E-state index contributed by atoms with van der Waals surface area (Å²) < 4.78 is 5.51. The average molecular weight is 307 g/mol.